The van der Waals surface area contributed by atoms with E-state index in [0.29, 0.717) is 23.9 Å². The number of rotatable bonds is 9. The van der Waals surface area contributed by atoms with Gasteiger partial charge in [-0.15, -0.1) is 0 Å². The van der Waals surface area contributed by atoms with E-state index in [1.54, 1.807) is 6.07 Å². The fraction of sp³-hybridized carbons (Fsp3) is 0.423. The van der Waals surface area contributed by atoms with Crippen molar-refractivity contribution in [3.05, 3.63) is 65.0 Å². The van der Waals surface area contributed by atoms with Crippen LogP contribution in [0.2, 0.25) is 0 Å². The molecule has 2 aromatic rings. The van der Waals surface area contributed by atoms with E-state index in [9.17, 15) is 4.79 Å². The first-order chi connectivity index (χ1) is 15.7. The predicted molar refractivity (Wildman–Crippen MR) is 128 cm³/mol. The fourth-order valence-corrected chi connectivity index (χ4v) is 4.46. The van der Waals surface area contributed by atoms with Gasteiger partial charge in [-0.05, 0) is 62.9 Å². The summed E-state index contributed by atoms with van der Waals surface area (Å²) in [7, 11) is 0. The monoisotopic (exact) mass is 432 g/mol. The summed E-state index contributed by atoms with van der Waals surface area (Å²) in [6.45, 7) is 8.03. The zero-order valence-electron chi connectivity index (χ0n) is 19.1. The Morgan fingerprint density at radius 1 is 1.16 bits per heavy atom. The molecule has 1 N–H and O–H groups in total. The third-order valence-corrected chi connectivity index (χ3v) is 6.20. The van der Waals surface area contributed by atoms with Crippen LogP contribution in [0.3, 0.4) is 0 Å². The number of carbonyl (C=O) groups excluding carboxylic acids is 1. The molecule has 2 aliphatic carbocycles. The molecule has 2 aromatic heterocycles. The van der Waals surface area contributed by atoms with E-state index in [1.165, 1.54) is 11.1 Å². The molecule has 0 saturated carbocycles. The zero-order valence-corrected chi connectivity index (χ0v) is 19.1. The summed E-state index contributed by atoms with van der Waals surface area (Å²) in [4.78, 5) is 24.6. The Hall–Kier alpha value is -2.99. The van der Waals surface area contributed by atoms with Crippen LogP contribution in [0.1, 0.15) is 50.8 Å². The standard InChI is InChI=1S/C26H32N4O2/c1-3-30(4-2)17-8-18-32-23-13-6-12-22(28-23)29-26(31)21-15-14-19-9-5-10-20-11-7-16-27-25(20)24(19)21/h6-7,11-13,15-16H,3-5,8-10,14,17-18H2,1-2H3,(H,28,29,31). The largest absolute Gasteiger partial charge is 0.478 e. The quantitative estimate of drug-likeness (QED) is 0.585. The van der Waals surface area contributed by atoms with Gasteiger partial charge in [-0.1, -0.05) is 37.6 Å². The van der Waals surface area contributed by atoms with Crippen LogP contribution in [-0.4, -0.2) is 47.0 Å². The fourth-order valence-electron chi connectivity index (χ4n) is 4.46. The molecule has 0 unspecified atom stereocenters. The second-order valence-electron chi connectivity index (χ2n) is 8.21. The third kappa shape index (κ3) is 5.07. The molecule has 2 heterocycles. The predicted octanol–water partition coefficient (Wildman–Crippen LogP) is 4.65. The maximum atomic E-state index is 13.2. The molecule has 0 bridgehead atoms. The number of carbonyl (C=O) groups is 1. The molecule has 0 aromatic carbocycles. The van der Waals surface area contributed by atoms with E-state index in [2.05, 4.69) is 40.1 Å². The number of fused-ring (bicyclic) bond motifs is 2. The van der Waals surface area contributed by atoms with Gasteiger partial charge in [0.15, 0.2) is 0 Å². The van der Waals surface area contributed by atoms with Crippen LogP contribution in [0.4, 0.5) is 5.82 Å². The Kier molecular flexibility index (Phi) is 7.32. The first-order valence-electron chi connectivity index (χ1n) is 11.7. The van der Waals surface area contributed by atoms with Crippen molar-refractivity contribution >= 4 is 17.3 Å². The highest BCUT2D eigenvalue weighted by Crippen LogP contribution is 2.40. The smallest absolute Gasteiger partial charge is 0.257 e. The van der Waals surface area contributed by atoms with E-state index >= 15 is 0 Å². The second kappa shape index (κ2) is 10.6. The van der Waals surface area contributed by atoms with E-state index in [0.717, 1.165) is 63.0 Å². The highest BCUT2D eigenvalue weighted by molar-refractivity contribution is 6.16. The highest BCUT2D eigenvalue weighted by Gasteiger charge is 2.28. The van der Waals surface area contributed by atoms with Crippen LogP contribution >= 0.6 is 0 Å². The van der Waals surface area contributed by atoms with Gasteiger partial charge in [-0.3, -0.25) is 9.78 Å². The number of allylic oxidation sites excluding steroid dienone is 2. The van der Waals surface area contributed by atoms with Crippen molar-refractivity contribution in [3.8, 4) is 5.88 Å². The number of hydrogen-bond donors (Lipinski definition) is 1. The van der Waals surface area contributed by atoms with E-state index in [4.69, 9.17) is 4.74 Å². The molecule has 0 spiro atoms. The molecule has 0 atom stereocenters. The molecule has 32 heavy (non-hydrogen) atoms. The van der Waals surface area contributed by atoms with Crippen molar-refractivity contribution in [1.29, 1.82) is 0 Å². The molecular formula is C26H32N4O2. The normalized spacial score (nSPS) is 15.2. The van der Waals surface area contributed by atoms with Crippen LogP contribution in [-0.2, 0) is 11.2 Å². The topological polar surface area (TPSA) is 67.3 Å². The van der Waals surface area contributed by atoms with Gasteiger partial charge in [0, 0.05) is 30.0 Å². The second-order valence-corrected chi connectivity index (χ2v) is 8.21. The molecule has 0 fully saturated rings. The maximum absolute atomic E-state index is 13.2. The van der Waals surface area contributed by atoms with E-state index in [-0.39, 0.29) is 5.91 Å². The van der Waals surface area contributed by atoms with Gasteiger partial charge < -0.3 is 15.0 Å². The van der Waals surface area contributed by atoms with Crippen molar-refractivity contribution in [3.63, 3.8) is 0 Å². The van der Waals surface area contributed by atoms with Gasteiger partial charge in [-0.2, -0.15) is 4.98 Å². The summed E-state index contributed by atoms with van der Waals surface area (Å²) in [5.74, 6) is 0.893. The Morgan fingerprint density at radius 3 is 2.88 bits per heavy atom. The van der Waals surface area contributed by atoms with Crippen molar-refractivity contribution < 1.29 is 9.53 Å². The van der Waals surface area contributed by atoms with E-state index < -0.39 is 0 Å². The van der Waals surface area contributed by atoms with Gasteiger partial charge in [-0.25, -0.2) is 0 Å². The third-order valence-electron chi connectivity index (χ3n) is 6.20. The molecular weight excluding hydrogens is 400 g/mol. The highest BCUT2D eigenvalue weighted by atomic mass is 16.5. The number of amides is 1. The van der Waals surface area contributed by atoms with Gasteiger partial charge in [0.25, 0.3) is 5.91 Å². The molecule has 0 radical (unpaired) electrons. The number of aromatic nitrogens is 2. The number of nitrogens with one attached hydrogen (secondary N) is 1. The van der Waals surface area contributed by atoms with Gasteiger partial charge in [0.05, 0.1) is 12.3 Å². The van der Waals surface area contributed by atoms with Crippen molar-refractivity contribution in [2.24, 2.45) is 0 Å². The molecule has 0 saturated heterocycles. The lowest BCUT2D eigenvalue weighted by molar-refractivity contribution is -0.112. The summed E-state index contributed by atoms with van der Waals surface area (Å²) >= 11 is 0. The van der Waals surface area contributed by atoms with Crippen LogP contribution in [0.5, 0.6) is 5.88 Å². The van der Waals surface area contributed by atoms with Crippen molar-refractivity contribution in [2.45, 2.75) is 46.0 Å². The average Bonchev–Trinajstić information content (AvgIpc) is 3.15. The summed E-state index contributed by atoms with van der Waals surface area (Å²) in [5.41, 5.74) is 5.20. The van der Waals surface area contributed by atoms with Crippen molar-refractivity contribution in [2.75, 3.05) is 31.6 Å². The molecule has 1 amide bonds. The molecule has 6 heteroatoms. The Balaban J connectivity index is 1.41. The molecule has 0 aliphatic heterocycles. The summed E-state index contributed by atoms with van der Waals surface area (Å²) in [6, 6.07) is 9.58. The van der Waals surface area contributed by atoms with Crippen LogP contribution in [0, 0.1) is 0 Å². The summed E-state index contributed by atoms with van der Waals surface area (Å²) in [6.07, 6.45) is 8.69. The van der Waals surface area contributed by atoms with E-state index in [1.807, 2.05) is 30.5 Å². The summed E-state index contributed by atoms with van der Waals surface area (Å²) in [5, 5.41) is 2.97. The van der Waals surface area contributed by atoms with Crippen LogP contribution in [0.15, 0.2) is 53.8 Å². The van der Waals surface area contributed by atoms with Crippen LogP contribution in [0.25, 0.3) is 5.57 Å². The van der Waals surface area contributed by atoms with Gasteiger partial charge in [0.1, 0.15) is 5.82 Å². The first-order valence-corrected chi connectivity index (χ1v) is 11.7. The maximum Gasteiger partial charge on any atom is 0.257 e. The zero-order chi connectivity index (χ0) is 22.3. The average molecular weight is 433 g/mol. The molecule has 2 aliphatic rings. The number of pyridine rings is 2. The molecule has 168 valence electrons. The lowest BCUT2D eigenvalue weighted by atomic mass is 9.98. The minimum Gasteiger partial charge on any atom is -0.478 e. The Bertz CT molecular complexity index is 1020. The molecule has 6 nitrogen and oxygen atoms in total. The number of aryl methyl sites for hydroxylation is 1. The van der Waals surface area contributed by atoms with Gasteiger partial charge in [0.2, 0.25) is 5.88 Å². The lowest BCUT2D eigenvalue weighted by Crippen LogP contribution is -2.25. The van der Waals surface area contributed by atoms with Crippen LogP contribution < -0.4 is 10.1 Å². The van der Waals surface area contributed by atoms with Crippen molar-refractivity contribution in [1.82, 2.24) is 14.9 Å². The first kappa shape index (κ1) is 22.2. The Morgan fingerprint density at radius 2 is 2.03 bits per heavy atom. The lowest BCUT2D eigenvalue weighted by Gasteiger charge is -2.17. The van der Waals surface area contributed by atoms with Gasteiger partial charge >= 0.3 is 0 Å². The Labute approximate surface area is 190 Å². The number of anilines is 1. The minimum atomic E-state index is -0.139. The number of nitrogens with zero attached hydrogens (tertiary/aromatic N) is 3. The SMILES string of the molecule is CCN(CC)CCCOc1cccc(NC(=O)C2=CCC3=C2c2ncccc2CCC3)n1. The molecule has 4 rings (SSSR count). The number of ether oxygens (including phenoxy) is 1. The minimum absolute atomic E-state index is 0.139. The number of hydrogen-bond acceptors (Lipinski definition) is 5. The summed E-state index contributed by atoms with van der Waals surface area (Å²) < 4.78 is 5.82.